The lowest BCUT2D eigenvalue weighted by molar-refractivity contribution is -0.131. The fourth-order valence-corrected chi connectivity index (χ4v) is 6.11. The van der Waals surface area contributed by atoms with Crippen molar-refractivity contribution in [1.82, 2.24) is 35.5 Å². The minimum Gasteiger partial charge on any atom is -0.444 e. The molecule has 0 unspecified atom stereocenters. The molecule has 3 amide bonds. The van der Waals surface area contributed by atoms with Crippen LogP contribution in [0.4, 0.5) is 9.18 Å². The maximum atomic E-state index is 14.8. The second-order valence-electron chi connectivity index (χ2n) is 13.5. The number of halogens is 1. The summed E-state index contributed by atoms with van der Waals surface area (Å²) in [4.78, 5) is 55.6. The van der Waals surface area contributed by atoms with Crippen molar-refractivity contribution >= 4 is 28.7 Å². The highest BCUT2D eigenvalue weighted by Gasteiger charge is 2.28. The van der Waals surface area contributed by atoms with Crippen molar-refractivity contribution in [3.8, 4) is 0 Å². The number of hydrogen-bond donors (Lipinski definition) is 3. The average Bonchev–Trinajstić information content (AvgIpc) is 3.07. The molecular weight excluding hydrogens is 617 g/mol. The zero-order valence-electron chi connectivity index (χ0n) is 28.0. The summed E-state index contributed by atoms with van der Waals surface area (Å²) in [5, 5.41) is 14.6. The highest BCUT2D eigenvalue weighted by atomic mass is 19.1. The average molecular weight is 664 g/mol. The Bertz CT molecular complexity index is 1660. The van der Waals surface area contributed by atoms with Gasteiger partial charge in [-0.15, -0.1) is 0 Å². The third-order valence-electron chi connectivity index (χ3n) is 8.78. The molecule has 0 aliphatic carbocycles. The molecule has 2 saturated heterocycles. The minimum atomic E-state index is -0.606. The van der Waals surface area contributed by atoms with Crippen molar-refractivity contribution in [2.24, 2.45) is 5.92 Å². The van der Waals surface area contributed by atoms with Gasteiger partial charge in [0.1, 0.15) is 11.4 Å². The maximum Gasteiger partial charge on any atom is 0.410 e. The summed E-state index contributed by atoms with van der Waals surface area (Å²) in [6.45, 7) is 10.8. The number of aromatic nitrogens is 2. The van der Waals surface area contributed by atoms with Crippen LogP contribution in [0.2, 0.25) is 0 Å². The van der Waals surface area contributed by atoms with E-state index in [1.165, 1.54) is 6.07 Å². The Morgan fingerprint density at radius 2 is 1.58 bits per heavy atom. The van der Waals surface area contributed by atoms with Crippen LogP contribution in [-0.2, 0) is 16.0 Å². The van der Waals surface area contributed by atoms with Gasteiger partial charge < -0.3 is 30.1 Å². The topological polar surface area (TPSA) is 140 Å². The van der Waals surface area contributed by atoms with Crippen LogP contribution in [0.3, 0.4) is 0 Å². The van der Waals surface area contributed by atoms with E-state index in [-0.39, 0.29) is 29.7 Å². The number of fused-ring (bicyclic) bond motifs is 1. The van der Waals surface area contributed by atoms with Crippen molar-refractivity contribution in [2.75, 3.05) is 65.4 Å². The van der Waals surface area contributed by atoms with Gasteiger partial charge in [-0.3, -0.25) is 14.4 Å². The number of piperazine rings is 1. The highest BCUT2D eigenvalue weighted by molar-refractivity contribution is 5.95. The summed E-state index contributed by atoms with van der Waals surface area (Å²) in [7, 11) is 0. The molecule has 0 bridgehead atoms. The summed E-state index contributed by atoms with van der Waals surface area (Å²) in [5.41, 5.74) is 0.530. The molecule has 2 fully saturated rings. The Kier molecular flexibility index (Phi) is 11.4. The van der Waals surface area contributed by atoms with Gasteiger partial charge in [0.25, 0.3) is 11.5 Å². The van der Waals surface area contributed by atoms with Crippen molar-refractivity contribution < 1.29 is 23.5 Å². The van der Waals surface area contributed by atoms with Gasteiger partial charge in [-0.2, -0.15) is 5.10 Å². The van der Waals surface area contributed by atoms with Crippen LogP contribution in [0, 0.1) is 11.7 Å². The summed E-state index contributed by atoms with van der Waals surface area (Å²) in [6, 6.07) is 11.6. The molecule has 0 spiro atoms. The van der Waals surface area contributed by atoms with E-state index in [0.717, 1.165) is 25.9 Å². The lowest BCUT2D eigenvalue weighted by Crippen LogP contribution is -2.52. The summed E-state index contributed by atoms with van der Waals surface area (Å²) >= 11 is 0. The number of benzene rings is 2. The monoisotopic (exact) mass is 663 g/mol. The third kappa shape index (κ3) is 9.16. The number of carbonyl (C=O) groups is 3. The number of rotatable bonds is 10. The number of piperidine rings is 1. The molecule has 48 heavy (non-hydrogen) atoms. The van der Waals surface area contributed by atoms with E-state index in [0.29, 0.717) is 80.2 Å². The molecule has 0 saturated carbocycles. The van der Waals surface area contributed by atoms with E-state index in [1.807, 2.05) is 32.9 Å². The standard InChI is InChI=1S/C35H46FN7O5/c1-35(2,3)48-34(47)43-14-10-24(11-15-43)22-37-12-13-38-23-31(44)41-16-18-42(19-17-41)33(46)28-20-25(8-9-29(28)36)21-30-26-6-4-5-7-27(26)32(45)40-39-30/h4-9,20,24,37-38H,10-19,21-23H2,1-3H3,(H,40,45). The molecule has 2 aliphatic heterocycles. The van der Waals surface area contributed by atoms with Crippen molar-refractivity contribution in [1.29, 1.82) is 0 Å². The van der Waals surface area contributed by atoms with Gasteiger partial charge in [-0.1, -0.05) is 24.3 Å². The van der Waals surface area contributed by atoms with Crippen molar-refractivity contribution in [2.45, 2.75) is 45.6 Å². The number of nitrogens with zero attached hydrogens (tertiary/aromatic N) is 4. The lowest BCUT2D eigenvalue weighted by Gasteiger charge is -2.35. The second kappa shape index (κ2) is 15.7. The summed E-state index contributed by atoms with van der Waals surface area (Å²) in [5.74, 6) is -0.565. The van der Waals surface area contributed by atoms with E-state index in [9.17, 15) is 23.6 Å². The molecule has 1 aromatic heterocycles. The Labute approximate surface area is 280 Å². The lowest BCUT2D eigenvalue weighted by atomic mass is 9.97. The quantitative estimate of drug-likeness (QED) is 0.282. The van der Waals surface area contributed by atoms with Crippen LogP contribution in [0.15, 0.2) is 47.3 Å². The molecule has 0 radical (unpaired) electrons. The largest absolute Gasteiger partial charge is 0.444 e. The zero-order valence-corrected chi connectivity index (χ0v) is 28.0. The number of likely N-dealkylation sites (tertiary alicyclic amines) is 1. The zero-order chi connectivity index (χ0) is 34.3. The molecule has 258 valence electrons. The number of nitrogens with one attached hydrogen (secondary N) is 3. The Morgan fingerprint density at radius 1 is 0.917 bits per heavy atom. The number of carbonyl (C=O) groups excluding carboxylic acids is 3. The first-order chi connectivity index (χ1) is 23.0. The Morgan fingerprint density at radius 3 is 2.29 bits per heavy atom. The van der Waals surface area contributed by atoms with E-state index in [4.69, 9.17) is 4.74 Å². The van der Waals surface area contributed by atoms with Crippen LogP contribution in [-0.4, -0.2) is 114 Å². The van der Waals surface area contributed by atoms with E-state index in [2.05, 4.69) is 20.8 Å². The molecule has 13 heteroatoms. The molecular formula is C35H46FN7O5. The van der Waals surface area contributed by atoms with Crippen LogP contribution >= 0.6 is 0 Å². The Balaban J connectivity index is 1.00. The van der Waals surface area contributed by atoms with E-state index in [1.54, 1.807) is 39.0 Å². The van der Waals surface area contributed by atoms with Crippen LogP contribution in [0.1, 0.15) is 55.2 Å². The normalized spacial score (nSPS) is 16.0. The van der Waals surface area contributed by atoms with E-state index < -0.39 is 17.3 Å². The SMILES string of the molecule is CC(C)(C)OC(=O)N1CCC(CNCCNCC(=O)N2CCN(C(=O)c3cc(Cc4n[nH]c(=O)c5ccccc45)ccc3F)CC2)CC1. The molecule has 3 heterocycles. The van der Waals surface area contributed by atoms with Gasteiger partial charge in [-0.05, 0) is 69.8 Å². The first kappa shape index (κ1) is 35.0. The van der Waals surface area contributed by atoms with Gasteiger partial charge >= 0.3 is 6.09 Å². The number of ether oxygens (including phenoxy) is 1. The summed E-state index contributed by atoms with van der Waals surface area (Å²) < 4.78 is 20.3. The molecule has 12 nitrogen and oxygen atoms in total. The second-order valence-corrected chi connectivity index (χ2v) is 13.5. The van der Waals surface area contributed by atoms with Gasteiger partial charge in [0.15, 0.2) is 0 Å². The molecule has 2 aliphatic rings. The molecule has 0 atom stereocenters. The number of hydrogen-bond acceptors (Lipinski definition) is 8. The van der Waals surface area contributed by atoms with Gasteiger partial charge in [-0.25, -0.2) is 14.3 Å². The molecule has 3 N–H and O–H groups in total. The fourth-order valence-electron chi connectivity index (χ4n) is 6.11. The number of H-pyrrole nitrogens is 1. The first-order valence-electron chi connectivity index (χ1n) is 16.7. The first-order valence-corrected chi connectivity index (χ1v) is 16.7. The van der Waals surface area contributed by atoms with Crippen LogP contribution < -0.4 is 16.2 Å². The van der Waals surface area contributed by atoms with Crippen LogP contribution in [0.5, 0.6) is 0 Å². The van der Waals surface area contributed by atoms with E-state index >= 15 is 0 Å². The molecule has 3 aromatic rings. The molecule has 5 rings (SSSR count). The maximum absolute atomic E-state index is 14.8. The Hall–Kier alpha value is -4.36. The van der Waals surface area contributed by atoms with Gasteiger partial charge in [0, 0.05) is 64.2 Å². The molecule has 2 aromatic carbocycles. The highest BCUT2D eigenvalue weighted by Crippen LogP contribution is 2.21. The fraction of sp³-hybridized carbons (Fsp3) is 0.514. The minimum absolute atomic E-state index is 0.0243. The number of aromatic amines is 1. The van der Waals surface area contributed by atoms with Gasteiger partial charge in [0.05, 0.1) is 23.2 Å². The number of amides is 3. The summed E-state index contributed by atoms with van der Waals surface area (Å²) in [6.07, 6.45) is 1.92. The predicted molar refractivity (Wildman–Crippen MR) is 180 cm³/mol. The third-order valence-corrected chi connectivity index (χ3v) is 8.78. The van der Waals surface area contributed by atoms with Gasteiger partial charge in [0.2, 0.25) is 5.91 Å². The predicted octanol–water partition coefficient (Wildman–Crippen LogP) is 2.76. The van der Waals surface area contributed by atoms with Crippen molar-refractivity contribution in [3.63, 3.8) is 0 Å². The van der Waals surface area contributed by atoms with Crippen LogP contribution in [0.25, 0.3) is 10.8 Å². The smallest absolute Gasteiger partial charge is 0.410 e. The van der Waals surface area contributed by atoms with Crippen molar-refractivity contribution in [3.05, 3.63) is 75.5 Å².